The van der Waals surface area contributed by atoms with E-state index in [9.17, 15) is 0 Å². The van der Waals surface area contributed by atoms with Crippen LogP contribution in [0.3, 0.4) is 0 Å². The second kappa shape index (κ2) is 5.74. The minimum atomic E-state index is 0.750. The zero-order valence-electron chi connectivity index (χ0n) is 10.5. The zero-order valence-corrected chi connectivity index (χ0v) is 11.3. The highest BCUT2D eigenvalue weighted by Crippen LogP contribution is 2.27. The molecule has 0 aliphatic carbocycles. The largest absolute Gasteiger partial charge is 0.381 e. The Hall–Kier alpha value is -1.74. The van der Waals surface area contributed by atoms with Crippen molar-refractivity contribution in [3.63, 3.8) is 0 Å². The summed E-state index contributed by atoms with van der Waals surface area (Å²) in [5.41, 5.74) is 3.23. The van der Waals surface area contributed by atoms with Crippen molar-refractivity contribution in [2.45, 2.75) is 6.54 Å². The van der Waals surface area contributed by atoms with Gasteiger partial charge in [0.25, 0.3) is 0 Å². The van der Waals surface area contributed by atoms with Crippen molar-refractivity contribution in [3.8, 4) is 0 Å². The fraction of sp³-hybridized carbons (Fsp3) is 0.214. The van der Waals surface area contributed by atoms with Crippen molar-refractivity contribution in [2.75, 3.05) is 24.3 Å². The van der Waals surface area contributed by atoms with Gasteiger partial charge in [-0.15, -0.1) is 0 Å². The van der Waals surface area contributed by atoms with Gasteiger partial charge in [-0.25, -0.2) is 0 Å². The highest BCUT2D eigenvalue weighted by atomic mass is 35.5. The lowest BCUT2D eigenvalue weighted by Gasteiger charge is -2.15. The summed E-state index contributed by atoms with van der Waals surface area (Å²) >= 11 is 6.21. The average molecular weight is 262 g/mol. The number of benzene rings is 1. The standard InChI is InChI=1S/C14H16ClN3/c1-18(2)14-4-3-12(9-13(14)15)17-10-11-5-7-16-8-6-11/h3-9,17H,10H2,1-2H3. The number of hydrogen-bond donors (Lipinski definition) is 1. The lowest BCUT2D eigenvalue weighted by Crippen LogP contribution is -2.09. The van der Waals surface area contributed by atoms with E-state index in [-0.39, 0.29) is 0 Å². The van der Waals surface area contributed by atoms with E-state index in [0.717, 1.165) is 22.9 Å². The van der Waals surface area contributed by atoms with Crippen LogP contribution in [0.25, 0.3) is 0 Å². The Kier molecular flexibility index (Phi) is 4.05. The Morgan fingerprint density at radius 1 is 1.17 bits per heavy atom. The summed E-state index contributed by atoms with van der Waals surface area (Å²) in [7, 11) is 3.95. The van der Waals surface area contributed by atoms with Gasteiger partial charge in [0, 0.05) is 38.7 Å². The number of nitrogens with zero attached hydrogens (tertiary/aromatic N) is 2. The Bertz CT molecular complexity index is 512. The Balaban J connectivity index is 2.05. The van der Waals surface area contributed by atoms with Crippen molar-refractivity contribution in [2.24, 2.45) is 0 Å². The van der Waals surface area contributed by atoms with Crippen LogP contribution in [0.2, 0.25) is 5.02 Å². The third-order valence-electron chi connectivity index (χ3n) is 2.68. The predicted octanol–water partition coefficient (Wildman–Crippen LogP) is 3.41. The van der Waals surface area contributed by atoms with Gasteiger partial charge >= 0.3 is 0 Å². The number of aromatic nitrogens is 1. The minimum Gasteiger partial charge on any atom is -0.381 e. The van der Waals surface area contributed by atoms with Gasteiger partial charge in [0.2, 0.25) is 0 Å². The summed E-state index contributed by atoms with van der Waals surface area (Å²) in [5, 5.41) is 4.09. The van der Waals surface area contributed by atoms with Crippen LogP contribution in [0.5, 0.6) is 0 Å². The number of pyridine rings is 1. The molecule has 0 spiro atoms. The smallest absolute Gasteiger partial charge is 0.0659 e. The molecule has 0 unspecified atom stereocenters. The third-order valence-corrected chi connectivity index (χ3v) is 2.98. The van der Waals surface area contributed by atoms with E-state index in [1.807, 2.05) is 49.3 Å². The predicted molar refractivity (Wildman–Crippen MR) is 77.3 cm³/mol. The van der Waals surface area contributed by atoms with Crippen LogP contribution >= 0.6 is 11.6 Å². The molecule has 1 heterocycles. The molecule has 1 N–H and O–H groups in total. The first-order chi connectivity index (χ1) is 8.66. The second-order valence-corrected chi connectivity index (χ2v) is 4.68. The quantitative estimate of drug-likeness (QED) is 0.914. The number of anilines is 2. The van der Waals surface area contributed by atoms with Gasteiger partial charge in [0.15, 0.2) is 0 Å². The first-order valence-corrected chi connectivity index (χ1v) is 6.14. The van der Waals surface area contributed by atoms with Crippen molar-refractivity contribution < 1.29 is 0 Å². The summed E-state index contributed by atoms with van der Waals surface area (Å²) in [6.07, 6.45) is 3.58. The summed E-state index contributed by atoms with van der Waals surface area (Å²) in [6.45, 7) is 0.764. The molecular formula is C14H16ClN3. The van der Waals surface area contributed by atoms with Gasteiger partial charge in [-0.2, -0.15) is 0 Å². The van der Waals surface area contributed by atoms with E-state index >= 15 is 0 Å². The molecule has 0 saturated heterocycles. The van der Waals surface area contributed by atoms with Crippen LogP contribution in [-0.4, -0.2) is 19.1 Å². The third kappa shape index (κ3) is 3.14. The van der Waals surface area contributed by atoms with Crippen LogP contribution in [0.1, 0.15) is 5.56 Å². The number of rotatable bonds is 4. The first-order valence-electron chi connectivity index (χ1n) is 5.76. The van der Waals surface area contributed by atoms with Crippen molar-refractivity contribution in [3.05, 3.63) is 53.3 Å². The van der Waals surface area contributed by atoms with Crippen molar-refractivity contribution in [1.29, 1.82) is 0 Å². The monoisotopic (exact) mass is 261 g/mol. The number of hydrogen-bond acceptors (Lipinski definition) is 3. The van der Waals surface area contributed by atoms with Gasteiger partial charge < -0.3 is 10.2 Å². The van der Waals surface area contributed by atoms with E-state index in [0.29, 0.717) is 0 Å². The molecule has 94 valence electrons. The van der Waals surface area contributed by atoms with Gasteiger partial charge in [0.05, 0.1) is 10.7 Å². The lowest BCUT2D eigenvalue weighted by molar-refractivity contribution is 1.12. The second-order valence-electron chi connectivity index (χ2n) is 4.27. The topological polar surface area (TPSA) is 28.2 Å². The van der Waals surface area contributed by atoms with Gasteiger partial charge in [0.1, 0.15) is 0 Å². The lowest BCUT2D eigenvalue weighted by atomic mass is 10.2. The van der Waals surface area contributed by atoms with Crippen molar-refractivity contribution >= 4 is 23.0 Å². The minimum absolute atomic E-state index is 0.750. The normalized spacial score (nSPS) is 10.2. The maximum Gasteiger partial charge on any atom is 0.0659 e. The Morgan fingerprint density at radius 3 is 2.50 bits per heavy atom. The summed E-state index contributed by atoms with van der Waals surface area (Å²) in [5.74, 6) is 0. The summed E-state index contributed by atoms with van der Waals surface area (Å²) in [6, 6.07) is 9.96. The first kappa shape index (κ1) is 12.7. The van der Waals surface area contributed by atoms with E-state index < -0.39 is 0 Å². The molecule has 3 nitrogen and oxygen atoms in total. The number of halogens is 1. The summed E-state index contributed by atoms with van der Waals surface area (Å²) in [4.78, 5) is 5.99. The van der Waals surface area contributed by atoms with Crippen LogP contribution in [-0.2, 0) is 6.54 Å². The SMILES string of the molecule is CN(C)c1ccc(NCc2ccncc2)cc1Cl. The fourth-order valence-electron chi connectivity index (χ4n) is 1.68. The average Bonchev–Trinajstić information content (AvgIpc) is 2.37. The Morgan fingerprint density at radius 2 is 1.89 bits per heavy atom. The highest BCUT2D eigenvalue weighted by Gasteiger charge is 2.03. The van der Waals surface area contributed by atoms with E-state index in [1.54, 1.807) is 12.4 Å². The molecule has 2 rings (SSSR count). The van der Waals surface area contributed by atoms with Crippen LogP contribution < -0.4 is 10.2 Å². The molecule has 18 heavy (non-hydrogen) atoms. The molecular weight excluding hydrogens is 246 g/mol. The number of nitrogens with one attached hydrogen (secondary N) is 1. The van der Waals surface area contributed by atoms with E-state index in [1.165, 1.54) is 5.56 Å². The van der Waals surface area contributed by atoms with E-state index in [2.05, 4.69) is 10.3 Å². The molecule has 0 aliphatic rings. The molecule has 0 saturated carbocycles. The molecule has 4 heteroatoms. The van der Waals surface area contributed by atoms with Crippen LogP contribution in [0.15, 0.2) is 42.7 Å². The van der Waals surface area contributed by atoms with Crippen molar-refractivity contribution in [1.82, 2.24) is 4.98 Å². The summed E-state index contributed by atoms with van der Waals surface area (Å²) < 4.78 is 0. The molecule has 2 aromatic rings. The zero-order chi connectivity index (χ0) is 13.0. The molecule has 0 bridgehead atoms. The van der Waals surface area contributed by atoms with E-state index in [4.69, 9.17) is 11.6 Å². The van der Waals surface area contributed by atoms with Crippen LogP contribution in [0, 0.1) is 0 Å². The Labute approximate surface area is 112 Å². The highest BCUT2D eigenvalue weighted by molar-refractivity contribution is 6.33. The molecule has 0 atom stereocenters. The molecule has 0 aliphatic heterocycles. The molecule has 0 radical (unpaired) electrons. The van der Waals surface area contributed by atoms with Gasteiger partial charge in [-0.05, 0) is 35.9 Å². The van der Waals surface area contributed by atoms with Gasteiger partial charge in [-0.3, -0.25) is 4.98 Å². The maximum absolute atomic E-state index is 6.21. The molecule has 1 aromatic carbocycles. The molecule has 1 aromatic heterocycles. The maximum atomic E-state index is 6.21. The fourth-order valence-corrected chi connectivity index (χ4v) is 2.03. The van der Waals surface area contributed by atoms with Crippen LogP contribution in [0.4, 0.5) is 11.4 Å². The molecule has 0 fully saturated rings. The van der Waals surface area contributed by atoms with Gasteiger partial charge in [-0.1, -0.05) is 11.6 Å². The molecule has 0 amide bonds.